The van der Waals surface area contributed by atoms with Gasteiger partial charge in [-0.25, -0.2) is 4.98 Å². The molecule has 116 valence electrons. The highest BCUT2D eigenvalue weighted by Crippen LogP contribution is 2.25. The Morgan fingerprint density at radius 2 is 1.78 bits per heavy atom. The van der Waals surface area contributed by atoms with Crippen molar-refractivity contribution in [2.75, 3.05) is 5.32 Å². The van der Waals surface area contributed by atoms with E-state index in [1.165, 1.54) is 22.5 Å². The Hall–Kier alpha value is -2.46. The molecule has 3 nitrogen and oxygen atoms in total. The van der Waals surface area contributed by atoms with Crippen molar-refractivity contribution in [3.63, 3.8) is 0 Å². The number of hydrogen-bond acceptors (Lipinski definition) is 3. The molecular weight excluding hydrogens is 304 g/mol. The van der Waals surface area contributed by atoms with Gasteiger partial charge in [0.25, 0.3) is 5.91 Å². The molecule has 1 heterocycles. The van der Waals surface area contributed by atoms with Crippen molar-refractivity contribution in [1.29, 1.82) is 0 Å². The summed E-state index contributed by atoms with van der Waals surface area (Å²) in [6.07, 6.45) is 0.967. The van der Waals surface area contributed by atoms with Crippen molar-refractivity contribution in [2.24, 2.45) is 0 Å². The van der Waals surface area contributed by atoms with Gasteiger partial charge < -0.3 is 0 Å². The van der Waals surface area contributed by atoms with Crippen LogP contribution in [0, 0.1) is 6.92 Å². The fourth-order valence-electron chi connectivity index (χ4n) is 2.25. The summed E-state index contributed by atoms with van der Waals surface area (Å²) in [6.45, 7) is 4.15. The normalized spacial score (nSPS) is 10.5. The first kappa shape index (κ1) is 15.4. The van der Waals surface area contributed by atoms with Crippen molar-refractivity contribution in [2.45, 2.75) is 20.3 Å². The molecule has 0 radical (unpaired) electrons. The van der Waals surface area contributed by atoms with Crippen LogP contribution in [0.4, 0.5) is 5.13 Å². The molecule has 0 saturated carbocycles. The number of nitrogens with zero attached hydrogens (tertiary/aromatic N) is 1. The van der Waals surface area contributed by atoms with Crippen molar-refractivity contribution in [1.82, 2.24) is 4.98 Å². The van der Waals surface area contributed by atoms with Crippen LogP contribution >= 0.6 is 11.3 Å². The van der Waals surface area contributed by atoms with Gasteiger partial charge in [-0.2, -0.15) is 0 Å². The van der Waals surface area contributed by atoms with Gasteiger partial charge in [-0.3, -0.25) is 10.1 Å². The molecular formula is C19H18N2OS. The van der Waals surface area contributed by atoms with E-state index in [9.17, 15) is 4.79 Å². The van der Waals surface area contributed by atoms with Gasteiger partial charge in [-0.05, 0) is 31.0 Å². The third-order valence-electron chi connectivity index (χ3n) is 3.70. The highest BCUT2D eigenvalue weighted by Gasteiger charge is 2.10. The highest BCUT2D eigenvalue weighted by molar-refractivity contribution is 7.14. The zero-order valence-corrected chi connectivity index (χ0v) is 14.0. The van der Waals surface area contributed by atoms with E-state index in [1.807, 2.05) is 41.8 Å². The first-order chi connectivity index (χ1) is 11.2. The van der Waals surface area contributed by atoms with Gasteiger partial charge >= 0.3 is 0 Å². The van der Waals surface area contributed by atoms with E-state index in [2.05, 4.69) is 36.3 Å². The Morgan fingerprint density at radius 1 is 1.09 bits per heavy atom. The number of aryl methyl sites for hydroxylation is 2. The van der Waals surface area contributed by atoms with E-state index in [0.29, 0.717) is 10.7 Å². The first-order valence-electron chi connectivity index (χ1n) is 7.58. The van der Waals surface area contributed by atoms with Crippen LogP contribution in [-0.2, 0) is 6.42 Å². The Kier molecular flexibility index (Phi) is 4.53. The smallest absolute Gasteiger partial charge is 0.257 e. The van der Waals surface area contributed by atoms with Crippen LogP contribution in [0.3, 0.4) is 0 Å². The summed E-state index contributed by atoms with van der Waals surface area (Å²) in [4.78, 5) is 16.8. The molecule has 3 rings (SSSR count). The average molecular weight is 322 g/mol. The fraction of sp³-hybridized carbons (Fsp3) is 0.158. The van der Waals surface area contributed by atoms with Gasteiger partial charge in [0, 0.05) is 16.5 Å². The maximum Gasteiger partial charge on any atom is 0.257 e. The van der Waals surface area contributed by atoms with Gasteiger partial charge in [0.15, 0.2) is 5.13 Å². The van der Waals surface area contributed by atoms with E-state index < -0.39 is 0 Å². The molecule has 0 atom stereocenters. The van der Waals surface area contributed by atoms with Gasteiger partial charge in [0.2, 0.25) is 0 Å². The molecule has 1 aromatic heterocycles. The molecule has 1 N–H and O–H groups in total. The van der Waals surface area contributed by atoms with Crippen molar-refractivity contribution >= 4 is 22.4 Å². The van der Waals surface area contributed by atoms with E-state index in [4.69, 9.17) is 0 Å². The summed E-state index contributed by atoms with van der Waals surface area (Å²) in [5.74, 6) is -0.127. The van der Waals surface area contributed by atoms with Gasteiger partial charge in [-0.15, -0.1) is 11.3 Å². The van der Waals surface area contributed by atoms with Gasteiger partial charge in [0.1, 0.15) is 0 Å². The Morgan fingerprint density at radius 3 is 2.43 bits per heavy atom. The maximum absolute atomic E-state index is 12.3. The van der Waals surface area contributed by atoms with Crippen LogP contribution in [0.1, 0.15) is 28.4 Å². The van der Waals surface area contributed by atoms with Crippen LogP contribution in [0.2, 0.25) is 0 Å². The lowest BCUT2D eigenvalue weighted by Gasteiger charge is -2.03. The molecule has 0 unspecified atom stereocenters. The lowest BCUT2D eigenvalue weighted by molar-refractivity contribution is 0.102. The fourth-order valence-corrected chi connectivity index (χ4v) is 2.96. The molecule has 2 aromatic carbocycles. The number of rotatable bonds is 4. The number of benzene rings is 2. The number of carbonyl (C=O) groups is 1. The van der Waals surface area contributed by atoms with Crippen LogP contribution in [0.25, 0.3) is 11.3 Å². The van der Waals surface area contributed by atoms with Crippen molar-refractivity contribution in [3.05, 3.63) is 70.6 Å². The number of thiazole rings is 1. The Bertz CT molecular complexity index is 804. The minimum atomic E-state index is -0.127. The number of nitrogens with one attached hydrogen (secondary N) is 1. The SMILES string of the molecule is CCc1ccc(C(=O)Nc2nc(-c3ccc(C)cc3)cs2)cc1. The van der Waals surface area contributed by atoms with E-state index in [1.54, 1.807) is 0 Å². The van der Waals surface area contributed by atoms with Gasteiger partial charge in [-0.1, -0.05) is 48.9 Å². The minimum Gasteiger partial charge on any atom is -0.298 e. The molecule has 0 aliphatic rings. The topological polar surface area (TPSA) is 42.0 Å². The minimum absolute atomic E-state index is 0.127. The van der Waals surface area contributed by atoms with E-state index in [0.717, 1.165) is 17.7 Å². The number of carbonyl (C=O) groups excluding carboxylic acids is 1. The molecule has 4 heteroatoms. The first-order valence-corrected chi connectivity index (χ1v) is 8.46. The van der Waals surface area contributed by atoms with Crippen LogP contribution < -0.4 is 5.32 Å². The average Bonchev–Trinajstić information content (AvgIpc) is 3.04. The molecule has 3 aromatic rings. The summed E-state index contributed by atoms with van der Waals surface area (Å²) in [5, 5.41) is 5.44. The Labute approximate surface area is 140 Å². The van der Waals surface area contributed by atoms with E-state index >= 15 is 0 Å². The second-order valence-electron chi connectivity index (χ2n) is 5.41. The molecule has 0 fully saturated rings. The Balaban J connectivity index is 1.73. The van der Waals surface area contributed by atoms with Crippen LogP contribution in [0.15, 0.2) is 53.9 Å². The predicted molar refractivity (Wildman–Crippen MR) is 96.1 cm³/mol. The van der Waals surface area contributed by atoms with Crippen LogP contribution in [-0.4, -0.2) is 10.9 Å². The zero-order chi connectivity index (χ0) is 16.2. The molecule has 0 aliphatic heterocycles. The van der Waals surface area contributed by atoms with Crippen molar-refractivity contribution in [3.8, 4) is 11.3 Å². The summed E-state index contributed by atoms with van der Waals surface area (Å²) in [7, 11) is 0. The molecule has 1 amide bonds. The predicted octanol–water partition coefficient (Wildman–Crippen LogP) is 4.93. The standard InChI is InChI=1S/C19H18N2OS/c1-3-14-6-10-16(11-7-14)18(22)21-19-20-17(12-23-19)15-8-4-13(2)5-9-15/h4-12H,3H2,1-2H3,(H,20,21,22). The second kappa shape index (κ2) is 6.75. The molecule has 0 bridgehead atoms. The summed E-state index contributed by atoms with van der Waals surface area (Å²) in [6, 6.07) is 15.9. The summed E-state index contributed by atoms with van der Waals surface area (Å²) < 4.78 is 0. The third kappa shape index (κ3) is 3.66. The molecule has 0 spiro atoms. The van der Waals surface area contributed by atoms with Gasteiger partial charge in [0.05, 0.1) is 5.69 Å². The molecule has 0 aliphatic carbocycles. The highest BCUT2D eigenvalue weighted by atomic mass is 32.1. The third-order valence-corrected chi connectivity index (χ3v) is 4.45. The largest absolute Gasteiger partial charge is 0.298 e. The molecule has 23 heavy (non-hydrogen) atoms. The number of hydrogen-bond donors (Lipinski definition) is 1. The monoisotopic (exact) mass is 322 g/mol. The second-order valence-corrected chi connectivity index (χ2v) is 6.27. The number of aromatic nitrogens is 1. The van der Waals surface area contributed by atoms with E-state index in [-0.39, 0.29) is 5.91 Å². The van der Waals surface area contributed by atoms with Crippen molar-refractivity contribution < 1.29 is 4.79 Å². The maximum atomic E-state index is 12.3. The molecule has 0 saturated heterocycles. The lowest BCUT2D eigenvalue weighted by Crippen LogP contribution is -2.11. The number of anilines is 1. The van der Waals surface area contributed by atoms with Crippen LogP contribution in [0.5, 0.6) is 0 Å². The summed E-state index contributed by atoms with van der Waals surface area (Å²) >= 11 is 1.44. The zero-order valence-electron chi connectivity index (χ0n) is 13.2. The lowest BCUT2D eigenvalue weighted by atomic mass is 10.1. The summed E-state index contributed by atoms with van der Waals surface area (Å²) in [5.41, 5.74) is 5.02. The quantitative estimate of drug-likeness (QED) is 0.739. The number of amides is 1.